The van der Waals surface area contributed by atoms with Gasteiger partial charge in [-0.1, -0.05) is 18.2 Å². The van der Waals surface area contributed by atoms with Crippen LogP contribution in [0, 0.1) is 6.92 Å². The number of hydrogen-bond donors (Lipinski definition) is 3. The molecule has 0 spiro atoms. The Balaban J connectivity index is 1.73. The molecule has 0 aliphatic rings. The number of benzene rings is 1. The molecule has 1 aromatic carbocycles. The van der Waals surface area contributed by atoms with Gasteiger partial charge in [0.05, 0.1) is 9.77 Å². The standard InChI is InChI=1S/C19H26N4O3S2/c1-14-12-15(7-8-17(14)28(3,25)26)13-23-19(20-2)22-10-5-9-21-18(24)16-6-4-11-27-16/h4,6-8,11-12H,5,9-10,13H2,1-3H3,(H,21,24)(H2,20,22,23). The number of carbonyl (C=O) groups excluding carboxylic acids is 1. The molecule has 0 bridgehead atoms. The van der Waals surface area contributed by atoms with Gasteiger partial charge in [0.2, 0.25) is 0 Å². The van der Waals surface area contributed by atoms with Crippen LogP contribution in [-0.4, -0.2) is 46.7 Å². The fraction of sp³-hybridized carbons (Fsp3) is 0.368. The molecule has 1 aromatic heterocycles. The van der Waals surface area contributed by atoms with Crippen LogP contribution in [0.5, 0.6) is 0 Å². The van der Waals surface area contributed by atoms with E-state index in [0.717, 1.165) is 17.5 Å². The second-order valence-corrected chi connectivity index (χ2v) is 9.24. The molecule has 2 aromatic rings. The molecule has 0 fully saturated rings. The SMILES string of the molecule is CN=C(NCCCNC(=O)c1cccs1)NCc1ccc(S(C)(=O)=O)c(C)c1. The van der Waals surface area contributed by atoms with E-state index in [0.29, 0.717) is 35.4 Å². The van der Waals surface area contributed by atoms with E-state index in [1.165, 1.54) is 17.6 Å². The molecule has 1 heterocycles. The zero-order valence-corrected chi connectivity index (χ0v) is 17.9. The predicted octanol–water partition coefficient (Wildman–Crippen LogP) is 1.95. The maximum Gasteiger partial charge on any atom is 0.261 e. The molecular weight excluding hydrogens is 396 g/mol. The number of aryl methyl sites for hydroxylation is 1. The maximum atomic E-state index is 11.8. The van der Waals surface area contributed by atoms with Crippen molar-refractivity contribution in [2.75, 3.05) is 26.4 Å². The minimum Gasteiger partial charge on any atom is -0.356 e. The third-order valence-corrected chi connectivity index (χ3v) is 6.12. The number of amides is 1. The van der Waals surface area contributed by atoms with Gasteiger partial charge < -0.3 is 16.0 Å². The Morgan fingerprint density at radius 3 is 2.50 bits per heavy atom. The Hall–Kier alpha value is -2.39. The molecule has 3 N–H and O–H groups in total. The molecule has 0 radical (unpaired) electrons. The fourth-order valence-corrected chi connectivity index (χ4v) is 4.23. The molecule has 0 aliphatic carbocycles. The van der Waals surface area contributed by atoms with Crippen LogP contribution in [0.1, 0.15) is 27.2 Å². The molecule has 0 aliphatic heterocycles. The number of carbonyl (C=O) groups is 1. The smallest absolute Gasteiger partial charge is 0.261 e. The number of rotatable bonds is 8. The highest BCUT2D eigenvalue weighted by Crippen LogP contribution is 2.16. The van der Waals surface area contributed by atoms with E-state index in [1.54, 1.807) is 32.2 Å². The maximum absolute atomic E-state index is 11.8. The first-order valence-electron chi connectivity index (χ1n) is 8.87. The number of nitrogens with zero attached hydrogens (tertiary/aromatic N) is 1. The van der Waals surface area contributed by atoms with Crippen molar-refractivity contribution in [1.29, 1.82) is 0 Å². The number of guanidine groups is 1. The molecule has 2 rings (SSSR count). The molecule has 152 valence electrons. The van der Waals surface area contributed by atoms with Gasteiger partial charge in [-0.05, 0) is 42.0 Å². The van der Waals surface area contributed by atoms with Crippen LogP contribution in [0.4, 0.5) is 0 Å². The lowest BCUT2D eigenvalue weighted by molar-refractivity contribution is 0.0957. The largest absolute Gasteiger partial charge is 0.356 e. The number of sulfone groups is 1. The summed E-state index contributed by atoms with van der Waals surface area (Å²) in [5.74, 6) is 0.597. The monoisotopic (exact) mass is 422 g/mol. The van der Waals surface area contributed by atoms with Crippen LogP contribution >= 0.6 is 11.3 Å². The molecule has 9 heteroatoms. The lowest BCUT2D eigenvalue weighted by Crippen LogP contribution is -2.38. The van der Waals surface area contributed by atoms with Crippen molar-refractivity contribution in [2.45, 2.75) is 24.8 Å². The van der Waals surface area contributed by atoms with E-state index < -0.39 is 9.84 Å². The topological polar surface area (TPSA) is 99.7 Å². The van der Waals surface area contributed by atoms with Crippen LogP contribution < -0.4 is 16.0 Å². The van der Waals surface area contributed by atoms with Crippen molar-refractivity contribution in [3.05, 3.63) is 51.7 Å². The number of nitrogens with one attached hydrogen (secondary N) is 3. The first kappa shape index (κ1) is 21.9. The average molecular weight is 423 g/mol. The first-order chi connectivity index (χ1) is 13.3. The summed E-state index contributed by atoms with van der Waals surface area (Å²) in [4.78, 5) is 17.1. The number of hydrogen-bond acceptors (Lipinski definition) is 5. The quantitative estimate of drug-likeness (QED) is 0.343. The summed E-state index contributed by atoms with van der Waals surface area (Å²) < 4.78 is 23.4. The second-order valence-electron chi connectivity index (χ2n) is 6.31. The van der Waals surface area contributed by atoms with Crippen LogP contribution in [0.15, 0.2) is 45.6 Å². The summed E-state index contributed by atoms with van der Waals surface area (Å²) in [7, 11) is -1.52. The summed E-state index contributed by atoms with van der Waals surface area (Å²) >= 11 is 1.42. The molecular formula is C19H26N4O3S2. The number of thiophene rings is 1. The van der Waals surface area contributed by atoms with Crippen LogP contribution in [-0.2, 0) is 16.4 Å². The molecule has 0 saturated carbocycles. The van der Waals surface area contributed by atoms with Gasteiger partial charge in [-0.25, -0.2) is 8.42 Å². The highest BCUT2D eigenvalue weighted by molar-refractivity contribution is 7.90. The van der Waals surface area contributed by atoms with Gasteiger partial charge in [-0.15, -0.1) is 11.3 Å². The van der Waals surface area contributed by atoms with E-state index in [9.17, 15) is 13.2 Å². The summed E-state index contributed by atoms with van der Waals surface area (Å²) in [5, 5.41) is 11.1. The van der Waals surface area contributed by atoms with Gasteiger partial charge in [-0.2, -0.15) is 0 Å². The highest BCUT2D eigenvalue weighted by atomic mass is 32.2. The highest BCUT2D eigenvalue weighted by Gasteiger charge is 2.11. The molecule has 0 unspecified atom stereocenters. The minimum absolute atomic E-state index is 0.0505. The summed E-state index contributed by atoms with van der Waals surface area (Å²) in [6, 6.07) is 8.94. The van der Waals surface area contributed by atoms with Crippen molar-refractivity contribution >= 4 is 33.0 Å². The van der Waals surface area contributed by atoms with E-state index in [4.69, 9.17) is 0 Å². The third-order valence-electron chi connectivity index (χ3n) is 4.00. The fourth-order valence-electron chi connectivity index (χ4n) is 2.64. The van der Waals surface area contributed by atoms with E-state index in [2.05, 4.69) is 20.9 Å². The van der Waals surface area contributed by atoms with Crippen molar-refractivity contribution in [3.8, 4) is 0 Å². The predicted molar refractivity (Wildman–Crippen MR) is 114 cm³/mol. The van der Waals surface area contributed by atoms with Crippen molar-refractivity contribution in [1.82, 2.24) is 16.0 Å². The van der Waals surface area contributed by atoms with Gasteiger partial charge in [0, 0.05) is 32.9 Å². The second kappa shape index (κ2) is 10.2. The Morgan fingerprint density at radius 2 is 1.89 bits per heavy atom. The van der Waals surface area contributed by atoms with Gasteiger partial charge in [0.15, 0.2) is 15.8 Å². The summed E-state index contributed by atoms with van der Waals surface area (Å²) in [6.45, 7) is 3.56. The average Bonchev–Trinajstić information content (AvgIpc) is 3.17. The van der Waals surface area contributed by atoms with Gasteiger partial charge >= 0.3 is 0 Å². The van der Waals surface area contributed by atoms with Gasteiger partial charge in [-0.3, -0.25) is 9.79 Å². The molecule has 0 atom stereocenters. The summed E-state index contributed by atoms with van der Waals surface area (Å²) in [6.07, 6.45) is 1.97. The lowest BCUT2D eigenvalue weighted by atomic mass is 10.1. The zero-order valence-electron chi connectivity index (χ0n) is 16.3. The van der Waals surface area contributed by atoms with Crippen LogP contribution in [0.2, 0.25) is 0 Å². The molecule has 7 nitrogen and oxygen atoms in total. The Kier molecular flexibility index (Phi) is 8.01. The Bertz CT molecular complexity index is 923. The van der Waals surface area contributed by atoms with Gasteiger partial charge in [0.25, 0.3) is 5.91 Å². The van der Waals surface area contributed by atoms with Gasteiger partial charge in [0.1, 0.15) is 0 Å². The molecule has 1 amide bonds. The normalized spacial score (nSPS) is 11.9. The minimum atomic E-state index is -3.21. The van der Waals surface area contributed by atoms with Crippen LogP contribution in [0.3, 0.4) is 0 Å². The van der Waals surface area contributed by atoms with Crippen LogP contribution in [0.25, 0.3) is 0 Å². The molecule has 28 heavy (non-hydrogen) atoms. The summed E-state index contributed by atoms with van der Waals surface area (Å²) in [5.41, 5.74) is 1.70. The lowest BCUT2D eigenvalue weighted by Gasteiger charge is -2.13. The van der Waals surface area contributed by atoms with Crippen molar-refractivity contribution in [2.24, 2.45) is 4.99 Å². The Labute approximate surface area is 170 Å². The molecule has 0 saturated heterocycles. The van der Waals surface area contributed by atoms with E-state index in [1.807, 2.05) is 17.5 Å². The van der Waals surface area contributed by atoms with E-state index >= 15 is 0 Å². The van der Waals surface area contributed by atoms with E-state index in [-0.39, 0.29) is 5.91 Å². The zero-order chi connectivity index (χ0) is 20.6. The first-order valence-corrected chi connectivity index (χ1v) is 11.6. The Morgan fingerprint density at radius 1 is 1.14 bits per heavy atom. The third kappa shape index (κ3) is 6.65. The van der Waals surface area contributed by atoms with Crippen molar-refractivity contribution < 1.29 is 13.2 Å². The van der Waals surface area contributed by atoms with Crippen molar-refractivity contribution in [3.63, 3.8) is 0 Å². The number of aliphatic imine (C=N–C) groups is 1.